The third kappa shape index (κ3) is 57.6. The van der Waals surface area contributed by atoms with Crippen molar-refractivity contribution in [3.63, 3.8) is 0 Å². The molecule has 0 aromatic carbocycles. The van der Waals surface area contributed by atoms with Crippen LogP contribution in [-0.2, 0) is 14.3 Å². The van der Waals surface area contributed by atoms with Crippen LogP contribution in [0.15, 0.2) is 24.3 Å². The van der Waals surface area contributed by atoms with E-state index < -0.39 is 12.1 Å². The zero-order chi connectivity index (χ0) is 52.2. The molecule has 0 saturated heterocycles. The van der Waals surface area contributed by atoms with Gasteiger partial charge in [0.2, 0.25) is 5.91 Å². The van der Waals surface area contributed by atoms with E-state index in [1.807, 2.05) is 6.08 Å². The second kappa shape index (κ2) is 61.9. The van der Waals surface area contributed by atoms with Gasteiger partial charge in [0.15, 0.2) is 0 Å². The van der Waals surface area contributed by atoms with Crippen LogP contribution >= 0.6 is 0 Å². The highest BCUT2D eigenvalue weighted by Gasteiger charge is 2.18. The van der Waals surface area contributed by atoms with Crippen molar-refractivity contribution in [3.05, 3.63) is 24.3 Å². The van der Waals surface area contributed by atoms with Crippen molar-refractivity contribution in [1.82, 2.24) is 5.32 Å². The average molecular weight is 1010 g/mol. The second-order valence-electron chi connectivity index (χ2n) is 22.5. The smallest absolute Gasteiger partial charge is 0.305 e. The molecule has 0 bridgehead atoms. The van der Waals surface area contributed by atoms with Gasteiger partial charge in [0.25, 0.3) is 0 Å². The van der Waals surface area contributed by atoms with Crippen LogP contribution in [0.1, 0.15) is 361 Å². The fourth-order valence-electron chi connectivity index (χ4n) is 10.2. The van der Waals surface area contributed by atoms with Gasteiger partial charge in [-0.2, -0.15) is 0 Å². The number of unbranched alkanes of at least 4 members (excludes halogenated alkanes) is 48. The summed E-state index contributed by atoms with van der Waals surface area (Å²) in [5.74, 6) is -0.0538. The van der Waals surface area contributed by atoms with Crippen molar-refractivity contribution >= 4 is 11.9 Å². The predicted octanol–water partition coefficient (Wildman–Crippen LogP) is 20.6. The average Bonchev–Trinajstić information content (AvgIpc) is 3.38. The summed E-state index contributed by atoms with van der Waals surface area (Å²) in [5, 5.41) is 23.1. The van der Waals surface area contributed by atoms with E-state index in [0.717, 1.165) is 44.9 Å². The van der Waals surface area contributed by atoms with Crippen LogP contribution in [0, 0.1) is 0 Å². The van der Waals surface area contributed by atoms with Gasteiger partial charge >= 0.3 is 5.97 Å². The van der Waals surface area contributed by atoms with Crippen molar-refractivity contribution in [1.29, 1.82) is 0 Å². The first-order valence-electron chi connectivity index (χ1n) is 32.6. The summed E-state index contributed by atoms with van der Waals surface area (Å²) in [5.41, 5.74) is 0. The van der Waals surface area contributed by atoms with Crippen LogP contribution in [0.25, 0.3) is 0 Å². The van der Waals surface area contributed by atoms with E-state index in [2.05, 4.69) is 31.3 Å². The number of carbonyl (C=O) groups is 2. The van der Waals surface area contributed by atoms with E-state index in [1.54, 1.807) is 6.08 Å². The Morgan fingerprint density at radius 1 is 0.375 bits per heavy atom. The van der Waals surface area contributed by atoms with Crippen LogP contribution < -0.4 is 5.32 Å². The Hall–Kier alpha value is -1.66. The molecule has 2 atom stereocenters. The molecule has 0 rings (SSSR count). The number of aliphatic hydroxyl groups is 2. The van der Waals surface area contributed by atoms with Gasteiger partial charge < -0.3 is 20.3 Å². The monoisotopic (exact) mass is 1010 g/mol. The lowest BCUT2D eigenvalue weighted by Crippen LogP contribution is -2.45. The Balaban J connectivity index is 3.35. The molecule has 72 heavy (non-hydrogen) atoms. The zero-order valence-corrected chi connectivity index (χ0v) is 48.7. The van der Waals surface area contributed by atoms with Crippen LogP contribution in [-0.4, -0.2) is 47.4 Å². The van der Waals surface area contributed by atoms with Crippen molar-refractivity contribution in [3.8, 4) is 0 Å². The van der Waals surface area contributed by atoms with E-state index in [1.165, 1.54) is 289 Å². The lowest BCUT2D eigenvalue weighted by atomic mass is 10.0. The fraction of sp³-hybridized carbons (Fsp3) is 0.909. The third-order valence-corrected chi connectivity index (χ3v) is 15.2. The van der Waals surface area contributed by atoms with Crippen LogP contribution in [0.5, 0.6) is 0 Å². The van der Waals surface area contributed by atoms with Crippen LogP contribution in [0.3, 0.4) is 0 Å². The normalized spacial score (nSPS) is 12.7. The van der Waals surface area contributed by atoms with Crippen LogP contribution in [0.2, 0.25) is 0 Å². The maximum absolute atomic E-state index is 12.5. The van der Waals surface area contributed by atoms with Crippen molar-refractivity contribution in [2.24, 2.45) is 0 Å². The summed E-state index contributed by atoms with van der Waals surface area (Å²) in [6, 6.07) is -0.624. The molecular formula is C66H127NO5. The van der Waals surface area contributed by atoms with Crippen molar-refractivity contribution < 1.29 is 24.5 Å². The molecule has 6 heteroatoms. The predicted molar refractivity (Wildman–Crippen MR) is 315 cm³/mol. The number of nitrogens with one attached hydrogen (secondary N) is 1. The first kappa shape index (κ1) is 70.3. The van der Waals surface area contributed by atoms with Crippen molar-refractivity contribution in [2.75, 3.05) is 13.2 Å². The molecule has 0 radical (unpaired) electrons. The molecule has 0 heterocycles. The van der Waals surface area contributed by atoms with Gasteiger partial charge in [-0.3, -0.25) is 9.59 Å². The van der Waals surface area contributed by atoms with E-state index in [0.29, 0.717) is 19.4 Å². The molecule has 0 aliphatic heterocycles. The molecule has 0 aromatic heterocycles. The topological polar surface area (TPSA) is 95.9 Å². The Bertz CT molecular complexity index is 1120. The maximum atomic E-state index is 12.5. The third-order valence-electron chi connectivity index (χ3n) is 15.2. The van der Waals surface area contributed by atoms with Gasteiger partial charge in [0, 0.05) is 12.8 Å². The first-order chi connectivity index (χ1) is 35.5. The molecule has 0 aliphatic rings. The maximum Gasteiger partial charge on any atom is 0.305 e. The number of allylic oxidation sites excluding steroid dienone is 3. The summed E-state index contributed by atoms with van der Waals surface area (Å²) < 4.78 is 5.48. The summed E-state index contributed by atoms with van der Waals surface area (Å²) in [7, 11) is 0. The highest BCUT2D eigenvalue weighted by atomic mass is 16.5. The Morgan fingerprint density at radius 2 is 0.653 bits per heavy atom. The zero-order valence-electron chi connectivity index (χ0n) is 48.7. The van der Waals surface area contributed by atoms with Gasteiger partial charge in [-0.1, -0.05) is 314 Å². The number of rotatable bonds is 61. The minimum atomic E-state index is -0.841. The summed E-state index contributed by atoms with van der Waals surface area (Å²) in [6.07, 6.45) is 76.7. The minimum Gasteiger partial charge on any atom is -0.466 e. The Labute approximate surface area is 450 Å². The summed E-state index contributed by atoms with van der Waals surface area (Å²) in [6.45, 7) is 4.91. The largest absolute Gasteiger partial charge is 0.466 e. The molecule has 1 amide bonds. The lowest BCUT2D eigenvalue weighted by molar-refractivity contribution is -0.143. The number of aliphatic hydroxyl groups excluding tert-OH is 2. The molecule has 0 saturated carbocycles. The fourth-order valence-corrected chi connectivity index (χ4v) is 10.2. The molecule has 0 aliphatic carbocycles. The molecule has 6 nitrogen and oxygen atoms in total. The second-order valence-corrected chi connectivity index (χ2v) is 22.5. The molecule has 0 spiro atoms. The van der Waals surface area contributed by atoms with Gasteiger partial charge in [0.1, 0.15) is 0 Å². The van der Waals surface area contributed by atoms with Gasteiger partial charge in [-0.15, -0.1) is 0 Å². The summed E-state index contributed by atoms with van der Waals surface area (Å²) >= 11 is 0. The Morgan fingerprint density at radius 3 is 1.00 bits per heavy atom. The molecule has 426 valence electrons. The van der Waals surface area contributed by atoms with E-state index in [4.69, 9.17) is 4.74 Å². The van der Waals surface area contributed by atoms with E-state index >= 15 is 0 Å². The molecule has 0 aromatic rings. The Kier molecular flexibility index (Phi) is 60.5. The molecular weight excluding hydrogens is 887 g/mol. The minimum absolute atomic E-state index is 0.00945. The first-order valence-corrected chi connectivity index (χ1v) is 32.6. The van der Waals surface area contributed by atoms with Crippen LogP contribution in [0.4, 0.5) is 0 Å². The quantitative estimate of drug-likeness (QED) is 0.0320. The van der Waals surface area contributed by atoms with Gasteiger partial charge in [-0.25, -0.2) is 0 Å². The number of amides is 1. The molecule has 2 unspecified atom stereocenters. The highest BCUT2D eigenvalue weighted by Crippen LogP contribution is 2.18. The van der Waals surface area contributed by atoms with E-state index in [-0.39, 0.29) is 18.5 Å². The number of carbonyl (C=O) groups excluding carboxylic acids is 2. The number of hydrogen-bond acceptors (Lipinski definition) is 5. The van der Waals surface area contributed by atoms with E-state index in [9.17, 15) is 19.8 Å². The van der Waals surface area contributed by atoms with Gasteiger partial charge in [-0.05, 0) is 57.8 Å². The summed E-state index contributed by atoms with van der Waals surface area (Å²) in [4.78, 5) is 24.5. The lowest BCUT2D eigenvalue weighted by Gasteiger charge is -2.20. The number of esters is 1. The number of hydrogen-bond donors (Lipinski definition) is 3. The highest BCUT2D eigenvalue weighted by molar-refractivity contribution is 5.76. The number of ether oxygens (including phenoxy) is 1. The standard InChI is InChI=1S/C66H127NO5/c1-3-5-7-9-11-13-15-17-35-38-42-46-50-54-58-64(69)63(62-68)67-65(70)59-55-51-47-43-39-36-32-30-28-26-24-22-20-18-19-21-23-25-27-29-31-33-37-41-45-49-53-57-61-72-66(71)60-56-52-48-44-40-34-16-14-12-10-8-6-4-2/h14,16,54,58,63-64,68-69H,3-13,15,17-53,55-57,59-62H2,1-2H3,(H,67,70)/b16-14-,58-54+. The van der Waals surface area contributed by atoms with Gasteiger partial charge in [0.05, 0.1) is 25.4 Å². The SMILES string of the molecule is CCCCCC/C=C\CCCCCCCC(=O)OCCCCCCCCCCCCCCCCCCCCCCCCCCCCCCC(=O)NC(CO)C(O)/C=C/CCCCCCCCCCCCCC. The molecule has 0 fully saturated rings. The van der Waals surface area contributed by atoms with Crippen molar-refractivity contribution in [2.45, 2.75) is 373 Å². The molecule has 3 N–H and O–H groups in total.